The van der Waals surface area contributed by atoms with E-state index in [0.29, 0.717) is 5.75 Å². The Morgan fingerprint density at radius 3 is 2.07 bits per heavy atom. The zero-order chi connectivity index (χ0) is 11.3. The molecule has 0 atom stereocenters. The summed E-state index contributed by atoms with van der Waals surface area (Å²) in [6.45, 7) is -2.60. The highest BCUT2D eigenvalue weighted by atomic mass is 32.5. The maximum absolute atomic E-state index is 5.47. The van der Waals surface area contributed by atoms with E-state index in [1.165, 1.54) is 19.1 Å². The third-order valence-electron chi connectivity index (χ3n) is 1.72. The van der Waals surface area contributed by atoms with Crippen LogP contribution >= 0.6 is 18.5 Å². The lowest BCUT2D eigenvalue weighted by Crippen LogP contribution is -1.96. The van der Waals surface area contributed by atoms with Gasteiger partial charge in [0.25, 0.3) is 0 Å². The van der Waals surface area contributed by atoms with E-state index in [2.05, 4.69) is 0 Å². The highest BCUT2D eigenvalue weighted by Crippen LogP contribution is 2.48. The third-order valence-corrected chi connectivity index (χ3v) is 4.91. The summed E-state index contributed by atoms with van der Waals surface area (Å²) in [5.74, 6) is 0.667. The molecule has 1 aromatic rings. The van der Waals surface area contributed by atoms with E-state index in [9.17, 15) is 0 Å². The number of rotatable bonds is 5. The molecule has 0 aliphatic carbocycles. The Kier molecular flexibility index (Phi) is 5.09. The minimum atomic E-state index is -2.60. The Morgan fingerprint density at radius 1 is 1.13 bits per heavy atom. The topological polar surface area (TPSA) is 27.7 Å². The molecular weight excluding hydrogens is 251 g/mol. The highest BCUT2D eigenvalue weighted by molar-refractivity contribution is 8.07. The first kappa shape index (κ1) is 13.0. The molecule has 1 rings (SSSR count). The summed E-state index contributed by atoms with van der Waals surface area (Å²) >= 11 is 6.76. The fourth-order valence-electron chi connectivity index (χ4n) is 0.915. The van der Waals surface area contributed by atoms with Crippen molar-refractivity contribution in [1.82, 2.24) is 0 Å². The van der Waals surface area contributed by atoms with Crippen LogP contribution in [-0.4, -0.2) is 20.5 Å². The molecule has 3 nitrogen and oxygen atoms in total. The van der Waals surface area contributed by atoms with Crippen LogP contribution in [0.25, 0.3) is 0 Å². The van der Waals surface area contributed by atoms with E-state index >= 15 is 0 Å². The first-order valence-electron chi connectivity index (χ1n) is 4.18. The average molecular weight is 264 g/mol. The summed E-state index contributed by atoms with van der Waals surface area (Å²) in [5.41, 5.74) is 0. The molecule has 6 heteroatoms. The average Bonchev–Trinajstić information content (AvgIpc) is 2.30. The Morgan fingerprint density at radius 2 is 1.67 bits per heavy atom. The second-order valence-corrected chi connectivity index (χ2v) is 6.61. The second-order valence-electron chi connectivity index (χ2n) is 2.58. The van der Waals surface area contributed by atoms with Crippen molar-refractivity contribution in [3.05, 3.63) is 24.3 Å². The lowest BCUT2D eigenvalue weighted by molar-refractivity contribution is 0.273. The molecule has 0 fully saturated rings. The first-order valence-corrected chi connectivity index (χ1v) is 7.97. The predicted octanol–water partition coefficient (Wildman–Crippen LogP) is 3.30. The van der Waals surface area contributed by atoms with Crippen molar-refractivity contribution < 1.29 is 13.6 Å². The van der Waals surface area contributed by atoms with Gasteiger partial charge in [-0.3, -0.25) is 0 Å². The number of hydrogen-bond donors (Lipinski definition) is 0. The van der Waals surface area contributed by atoms with Crippen LogP contribution in [0.2, 0.25) is 0 Å². The van der Waals surface area contributed by atoms with E-state index in [1.54, 1.807) is 11.8 Å². The SMILES string of the molecule is COP(=S)(OC)Oc1ccc(SC)cc1. The van der Waals surface area contributed by atoms with Gasteiger partial charge in [0.1, 0.15) is 5.75 Å². The predicted molar refractivity (Wildman–Crippen MR) is 67.2 cm³/mol. The molecule has 0 radical (unpaired) electrons. The number of benzene rings is 1. The lowest BCUT2D eigenvalue weighted by atomic mass is 10.3. The largest absolute Gasteiger partial charge is 0.424 e. The first-order chi connectivity index (χ1) is 7.13. The van der Waals surface area contributed by atoms with E-state index in [4.69, 9.17) is 25.4 Å². The van der Waals surface area contributed by atoms with Crippen molar-refractivity contribution in [2.24, 2.45) is 0 Å². The molecule has 0 amide bonds. The molecule has 0 saturated carbocycles. The van der Waals surface area contributed by atoms with Crippen LogP contribution in [-0.2, 0) is 20.9 Å². The van der Waals surface area contributed by atoms with Gasteiger partial charge in [0.05, 0.1) is 0 Å². The molecule has 84 valence electrons. The Balaban J connectivity index is 2.76. The summed E-state index contributed by atoms with van der Waals surface area (Å²) in [5, 5.41) is 0. The van der Waals surface area contributed by atoms with Gasteiger partial charge in [0.2, 0.25) is 0 Å². The standard InChI is InChI=1S/C9H13O3PS2/c1-10-13(14,11-2)12-8-4-6-9(15-3)7-5-8/h4-7H,1-3H3. The smallest absolute Gasteiger partial charge is 0.380 e. The van der Waals surface area contributed by atoms with Gasteiger partial charge in [-0.2, -0.15) is 0 Å². The Bertz CT molecular complexity index is 345. The van der Waals surface area contributed by atoms with Crippen LogP contribution in [0.5, 0.6) is 5.75 Å². The van der Waals surface area contributed by atoms with Crippen LogP contribution in [0.15, 0.2) is 29.2 Å². The zero-order valence-corrected chi connectivity index (χ0v) is 11.3. The van der Waals surface area contributed by atoms with Crippen LogP contribution in [0.4, 0.5) is 0 Å². The van der Waals surface area contributed by atoms with E-state index in [0.717, 1.165) is 0 Å². The van der Waals surface area contributed by atoms with Crippen LogP contribution in [0.3, 0.4) is 0 Å². The molecule has 15 heavy (non-hydrogen) atoms. The fourth-order valence-corrected chi connectivity index (χ4v) is 2.26. The summed E-state index contributed by atoms with van der Waals surface area (Å²) in [6.07, 6.45) is 2.02. The minimum Gasteiger partial charge on any atom is -0.424 e. The van der Waals surface area contributed by atoms with Crippen molar-refractivity contribution in [3.63, 3.8) is 0 Å². The molecule has 0 aliphatic rings. The van der Waals surface area contributed by atoms with E-state index in [1.807, 2.05) is 30.5 Å². The van der Waals surface area contributed by atoms with Gasteiger partial charge in [0, 0.05) is 30.9 Å². The van der Waals surface area contributed by atoms with Crippen LogP contribution in [0, 0.1) is 0 Å². The molecule has 0 aliphatic heterocycles. The maximum atomic E-state index is 5.47. The Labute approximate surface area is 99.4 Å². The molecule has 0 bridgehead atoms. The minimum absolute atomic E-state index is 0.667. The highest BCUT2D eigenvalue weighted by Gasteiger charge is 2.17. The molecule has 0 spiro atoms. The van der Waals surface area contributed by atoms with Gasteiger partial charge in [-0.15, -0.1) is 11.8 Å². The van der Waals surface area contributed by atoms with Crippen molar-refractivity contribution in [2.45, 2.75) is 4.90 Å². The van der Waals surface area contributed by atoms with Crippen LogP contribution < -0.4 is 4.52 Å². The second kappa shape index (κ2) is 5.87. The quantitative estimate of drug-likeness (QED) is 0.601. The van der Waals surface area contributed by atoms with Gasteiger partial charge in [-0.25, -0.2) is 0 Å². The normalized spacial score (nSPS) is 11.4. The third kappa shape index (κ3) is 3.78. The van der Waals surface area contributed by atoms with Crippen LogP contribution in [0.1, 0.15) is 0 Å². The van der Waals surface area contributed by atoms with Gasteiger partial charge < -0.3 is 13.6 Å². The molecule has 0 unspecified atom stereocenters. The molecule has 0 N–H and O–H groups in total. The molecule has 0 aromatic heterocycles. The van der Waals surface area contributed by atoms with E-state index < -0.39 is 6.72 Å². The van der Waals surface area contributed by atoms with Crippen molar-refractivity contribution >= 4 is 30.3 Å². The van der Waals surface area contributed by atoms with Gasteiger partial charge in [-0.05, 0) is 30.5 Å². The summed E-state index contributed by atoms with van der Waals surface area (Å²) in [6, 6.07) is 7.63. The molecule has 0 saturated heterocycles. The maximum Gasteiger partial charge on any atom is 0.380 e. The van der Waals surface area contributed by atoms with Crippen molar-refractivity contribution in [3.8, 4) is 5.75 Å². The summed E-state index contributed by atoms with van der Waals surface area (Å²) < 4.78 is 15.5. The van der Waals surface area contributed by atoms with Gasteiger partial charge in [-0.1, -0.05) is 0 Å². The van der Waals surface area contributed by atoms with Crippen molar-refractivity contribution in [2.75, 3.05) is 20.5 Å². The summed E-state index contributed by atoms with van der Waals surface area (Å²) in [4.78, 5) is 1.17. The van der Waals surface area contributed by atoms with Gasteiger partial charge in [0.15, 0.2) is 0 Å². The fraction of sp³-hybridized carbons (Fsp3) is 0.333. The summed E-state index contributed by atoms with van der Waals surface area (Å²) in [7, 11) is 2.97. The van der Waals surface area contributed by atoms with Crippen molar-refractivity contribution in [1.29, 1.82) is 0 Å². The zero-order valence-electron chi connectivity index (χ0n) is 8.80. The number of thioether (sulfide) groups is 1. The lowest BCUT2D eigenvalue weighted by Gasteiger charge is -2.18. The molecule has 1 aromatic carbocycles. The molecular formula is C9H13O3PS2. The van der Waals surface area contributed by atoms with E-state index in [-0.39, 0.29) is 0 Å². The monoisotopic (exact) mass is 264 g/mol. The Hall–Kier alpha value is -0.0600. The number of hydrogen-bond acceptors (Lipinski definition) is 5. The molecule has 0 heterocycles. The van der Waals surface area contributed by atoms with Gasteiger partial charge >= 0.3 is 6.72 Å².